The van der Waals surface area contributed by atoms with E-state index in [0.29, 0.717) is 12.3 Å². The van der Waals surface area contributed by atoms with Crippen molar-refractivity contribution in [3.63, 3.8) is 0 Å². The summed E-state index contributed by atoms with van der Waals surface area (Å²) in [7, 11) is 0. The lowest BCUT2D eigenvalue weighted by atomic mass is 9.74. The molecule has 2 rings (SSSR count). The molecule has 2 aliphatic rings. The van der Waals surface area contributed by atoms with Gasteiger partial charge in [-0.3, -0.25) is 0 Å². The summed E-state index contributed by atoms with van der Waals surface area (Å²) < 4.78 is 15.2. The van der Waals surface area contributed by atoms with Gasteiger partial charge in [-0.1, -0.05) is 25.8 Å². The number of fused-ring (bicyclic) bond motifs is 1. The summed E-state index contributed by atoms with van der Waals surface area (Å²) in [4.78, 5) is 0. The fraction of sp³-hybridized carbons (Fsp3) is 0.733. The van der Waals surface area contributed by atoms with Crippen molar-refractivity contribution >= 4 is 0 Å². The molecular formula is C15H21F. The lowest BCUT2D eigenvalue weighted by Crippen LogP contribution is -2.39. The topological polar surface area (TPSA) is 0 Å². The molecule has 16 heavy (non-hydrogen) atoms. The van der Waals surface area contributed by atoms with Crippen LogP contribution in [0.4, 0.5) is 4.39 Å². The first kappa shape index (κ1) is 11.7. The van der Waals surface area contributed by atoms with E-state index >= 15 is 4.39 Å². The van der Waals surface area contributed by atoms with Crippen molar-refractivity contribution in [3.05, 3.63) is 12.7 Å². The van der Waals surface area contributed by atoms with Crippen molar-refractivity contribution in [2.45, 2.75) is 45.2 Å². The molecule has 0 aliphatic heterocycles. The molecule has 0 heterocycles. The standard InChI is InChI=1S/C15H21F/c1-5-7-10-15(16)11(6-2)8-9-12-13(15)14(12,3)4/h2,5,11-13H,1,7-10H2,3-4H3. The number of allylic oxidation sites excluding steroid dienone is 1. The van der Waals surface area contributed by atoms with Gasteiger partial charge in [-0.15, -0.1) is 13.0 Å². The highest BCUT2D eigenvalue weighted by atomic mass is 19.1. The molecule has 2 saturated carbocycles. The number of terminal acetylenes is 1. The molecule has 2 aliphatic carbocycles. The minimum Gasteiger partial charge on any atom is -0.242 e. The summed E-state index contributed by atoms with van der Waals surface area (Å²) in [5, 5.41) is 0. The average Bonchev–Trinajstić information content (AvgIpc) is 2.81. The van der Waals surface area contributed by atoms with Gasteiger partial charge in [0.05, 0.1) is 5.92 Å². The second kappa shape index (κ2) is 3.62. The Hall–Kier alpha value is -0.770. The first-order valence-electron chi connectivity index (χ1n) is 6.24. The number of halogens is 1. The van der Waals surface area contributed by atoms with Crippen LogP contribution in [-0.4, -0.2) is 5.67 Å². The largest absolute Gasteiger partial charge is 0.242 e. The molecule has 0 saturated heterocycles. The van der Waals surface area contributed by atoms with Crippen LogP contribution in [0, 0.1) is 35.5 Å². The van der Waals surface area contributed by atoms with E-state index in [1.54, 1.807) is 6.08 Å². The smallest absolute Gasteiger partial charge is 0.128 e. The SMILES string of the molecule is C#CC1CCC2C(C2(C)C)C1(F)CCC=C. The van der Waals surface area contributed by atoms with E-state index in [1.165, 1.54) is 0 Å². The van der Waals surface area contributed by atoms with E-state index in [0.717, 1.165) is 19.3 Å². The molecule has 4 unspecified atom stereocenters. The Bertz CT molecular complexity index is 336. The Morgan fingerprint density at radius 3 is 2.75 bits per heavy atom. The molecule has 0 N–H and O–H groups in total. The molecule has 1 heteroatoms. The number of hydrogen-bond donors (Lipinski definition) is 0. The molecule has 0 amide bonds. The monoisotopic (exact) mass is 220 g/mol. The summed E-state index contributed by atoms with van der Waals surface area (Å²) in [6.45, 7) is 8.05. The quantitative estimate of drug-likeness (QED) is 0.498. The van der Waals surface area contributed by atoms with Crippen molar-refractivity contribution in [2.24, 2.45) is 23.2 Å². The van der Waals surface area contributed by atoms with E-state index in [1.807, 2.05) is 0 Å². The van der Waals surface area contributed by atoms with Gasteiger partial charge in [-0.05, 0) is 37.0 Å². The molecule has 0 nitrogen and oxygen atoms in total. The maximum absolute atomic E-state index is 15.2. The predicted molar refractivity (Wildman–Crippen MR) is 65.6 cm³/mol. The van der Waals surface area contributed by atoms with Crippen LogP contribution in [0.5, 0.6) is 0 Å². The van der Waals surface area contributed by atoms with Gasteiger partial charge in [0.25, 0.3) is 0 Å². The van der Waals surface area contributed by atoms with Crippen LogP contribution in [0.15, 0.2) is 12.7 Å². The summed E-state index contributed by atoms with van der Waals surface area (Å²) in [5.41, 5.74) is -0.989. The van der Waals surface area contributed by atoms with Gasteiger partial charge < -0.3 is 0 Å². The number of alkyl halides is 1. The van der Waals surface area contributed by atoms with E-state index in [4.69, 9.17) is 6.42 Å². The van der Waals surface area contributed by atoms with Crippen molar-refractivity contribution in [3.8, 4) is 12.3 Å². The van der Waals surface area contributed by atoms with Gasteiger partial charge in [0, 0.05) is 5.92 Å². The molecule has 88 valence electrons. The third-order valence-corrected chi connectivity index (χ3v) is 4.85. The predicted octanol–water partition coefficient (Wildman–Crippen LogP) is 3.98. The molecular weight excluding hydrogens is 199 g/mol. The van der Waals surface area contributed by atoms with Crippen molar-refractivity contribution in [1.82, 2.24) is 0 Å². The lowest BCUT2D eigenvalue weighted by Gasteiger charge is -2.35. The molecule has 0 bridgehead atoms. The van der Waals surface area contributed by atoms with Crippen LogP contribution >= 0.6 is 0 Å². The second-order valence-electron chi connectivity index (χ2n) is 5.96. The van der Waals surface area contributed by atoms with Crippen molar-refractivity contribution in [1.29, 1.82) is 0 Å². The normalized spacial score (nSPS) is 44.2. The Morgan fingerprint density at radius 1 is 1.50 bits per heavy atom. The fourth-order valence-electron chi connectivity index (χ4n) is 3.91. The Kier molecular flexibility index (Phi) is 2.65. The highest BCUT2D eigenvalue weighted by Gasteiger charge is 2.70. The Morgan fingerprint density at radius 2 is 2.19 bits per heavy atom. The summed E-state index contributed by atoms with van der Waals surface area (Å²) in [5.74, 6) is 3.23. The number of rotatable bonds is 3. The van der Waals surface area contributed by atoms with Gasteiger partial charge in [0.2, 0.25) is 0 Å². The zero-order chi connectivity index (χ0) is 12.0. The minimum atomic E-state index is -1.14. The van der Waals surface area contributed by atoms with Crippen molar-refractivity contribution in [2.75, 3.05) is 0 Å². The third-order valence-electron chi connectivity index (χ3n) is 4.85. The lowest BCUT2D eigenvalue weighted by molar-refractivity contribution is 0.0370. The molecule has 0 radical (unpaired) electrons. The zero-order valence-electron chi connectivity index (χ0n) is 10.3. The zero-order valence-corrected chi connectivity index (χ0v) is 10.3. The van der Waals surface area contributed by atoms with Crippen molar-refractivity contribution < 1.29 is 4.39 Å². The first-order valence-corrected chi connectivity index (χ1v) is 6.24. The Balaban J connectivity index is 2.23. The van der Waals surface area contributed by atoms with Crippen LogP contribution in [0.2, 0.25) is 0 Å². The maximum Gasteiger partial charge on any atom is 0.128 e. The first-order chi connectivity index (χ1) is 7.48. The highest BCUT2D eigenvalue weighted by Crippen LogP contribution is 2.71. The molecule has 0 spiro atoms. The summed E-state index contributed by atoms with van der Waals surface area (Å²) in [6, 6.07) is 0. The van der Waals surface area contributed by atoms with E-state index in [9.17, 15) is 0 Å². The second-order valence-corrected chi connectivity index (χ2v) is 5.96. The van der Waals surface area contributed by atoms with E-state index in [2.05, 4.69) is 26.3 Å². The fourth-order valence-corrected chi connectivity index (χ4v) is 3.91. The third kappa shape index (κ3) is 1.43. The van der Waals surface area contributed by atoms with Crippen LogP contribution < -0.4 is 0 Å². The summed E-state index contributed by atoms with van der Waals surface area (Å²) >= 11 is 0. The molecule has 0 aromatic heterocycles. The molecule has 0 aromatic carbocycles. The van der Waals surface area contributed by atoms with Gasteiger partial charge in [0.1, 0.15) is 5.67 Å². The highest BCUT2D eigenvalue weighted by molar-refractivity contribution is 5.22. The number of hydrogen-bond acceptors (Lipinski definition) is 0. The molecule has 4 atom stereocenters. The van der Waals surface area contributed by atoms with Crippen LogP contribution in [0.3, 0.4) is 0 Å². The van der Waals surface area contributed by atoms with Crippen LogP contribution in [0.1, 0.15) is 39.5 Å². The summed E-state index contributed by atoms with van der Waals surface area (Å²) in [6.07, 6.45) is 10.5. The Labute approximate surface area is 98.3 Å². The van der Waals surface area contributed by atoms with Gasteiger partial charge in [0.15, 0.2) is 0 Å². The van der Waals surface area contributed by atoms with E-state index in [-0.39, 0.29) is 17.3 Å². The molecule has 0 aromatic rings. The van der Waals surface area contributed by atoms with Crippen LogP contribution in [-0.2, 0) is 0 Å². The van der Waals surface area contributed by atoms with Gasteiger partial charge in [-0.25, -0.2) is 4.39 Å². The minimum absolute atomic E-state index is 0.154. The maximum atomic E-state index is 15.2. The van der Waals surface area contributed by atoms with Gasteiger partial charge in [-0.2, -0.15) is 0 Å². The molecule has 2 fully saturated rings. The van der Waals surface area contributed by atoms with Crippen LogP contribution in [0.25, 0.3) is 0 Å². The van der Waals surface area contributed by atoms with Gasteiger partial charge >= 0.3 is 0 Å². The van der Waals surface area contributed by atoms with E-state index < -0.39 is 5.67 Å². The average molecular weight is 220 g/mol.